The summed E-state index contributed by atoms with van der Waals surface area (Å²) in [6, 6.07) is 7.82. The van der Waals surface area contributed by atoms with Gasteiger partial charge in [0, 0.05) is 34.7 Å². The number of rotatable bonds is 13. The van der Waals surface area contributed by atoms with Crippen molar-refractivity contribution in [1.29, 1.82) is 0 Å². The molecule has 0 fully saturated rings. The lowest BCUT2D eigenvalue weighted by molar-refractivity contribution is 0.122. The lowest BCUT2D eigenvalue weighted by Gasteiger charge is -2.05. The van der Waals surface area contributed by atoms with Crippen LogP contribution in [0.5, 0.6) is 5.75 Å². The molecule has 6 heteroatoms. The van der Waals surface area contributed by atoms with Gasteiger partial charge in [-0.05, 0) is 29.5 Å². The number of hydrogen-bond acceptors (Lipinski definition) is 5. The molecule has 0 N–H and O–H groups in total. The van der Waals surface area contributed by atoms with Crippen molar-refractivity contribution >= 4 is 32.4 Å². The van der Waals surface area contributed by atoms with Gasteiger partial charge >= 0.3 is 0 Å². The summed E-state index contributed by atoms with van der Waals surface area (Å²) in [7, 11) is 4.21. The van der Waals surface area contributed by atoms with Crippen molar-refractivity contribution in [2.45, 2.75) is 13.0 Å². The van der Waals surface area contributed by atoms with E-state index in [2.05, 4.69) is 6.58 Å². The fourth-order valence-corrected chi connectivity index (χ4v) is 4.09. The summed E-state index contributed by atoms with van der Waals surface area (Å²) in [5.41, 5.74) is 1.11. The molecule has 0 amide bonds. The molecule has 23 heavy (non-hydrogen) atoms. The van der Waals surface area contributed by atoms with Gasteiger partial charge in [0.15, 0.2) is 0 Å². The van der Waals surface area contributed by atoms with Crippen LogP contribution in [-0.2, 0) is 22.1 Å². The highest BCUT2D eigenvalue weighted by atomic mass is 33.1. The van der Waals surface area contributed by atoms with Crippen LogP contribution in [-0.4, -0.2) is 35.2 Å². The van der Waals surface area contributed by atoms with Gasteiger partial charge in [0.05, 0.1) is 13.7 Å². The summed E-state index contributed by atoms with van der Waals surface area (Å²) in [4.78, 5) is 0. The molecule has 0 aliphatic heterocycles. The molecule has 0 saturated heterocycles. The maximum absolute atomic E-state index is 11.8. The zero-order valence-corrected chi connectivity index (χ0v) is 15.9. The molecule has 0 bridgehead atoms. The lowest BCUT2D eigenvalue weighted by atomic mass is 10.2. The third-order valence-corrected chi connectivity index (χ3v) is 6.05. The largest absolute Gasteiger partial charge is 0.497 e. The quantitative estimate of drug-likeness (QED) is 0.291. The molecule has 3 nitrogen and oxygen atoms in total. The van der Waals surface area contributed by atoms with E-state index in [-0.39, 0.29) is 0 Å². The Hall–Kier alpha value is -0.690. The van der Waals surface area contributed by atoms with Crippen molar-refractivity contribution in [2.24, 2.45) is 0 Å². The summed E-state index contributed by atoms with van der Waals surface area (Å²) in [5, 5.41) is 1.99. The molecule has 128 valence electrons. The molecular formula is C17H24O3S3. The average molecular weight is 373 g/mol. The monoisotopic (exact) mass is 372 g/mol. The van der Waals surface area contributed by atoms with Crippen LogP contribution in [0.4, 0.5) is 0 Å². The Labute approximate surface area is 149 Å². The Morgan fingerprint density at radius 3 is 2.78 bits per heavy atom. The van der Waals surface area contributed by atoms with Crippen molar-refractivity contribution < 1.29 is 13.7 Å². The van der Waals surface area contributed by atoms with Gasteiger partial charge in [0.25, 0.3) is 0 Å². The van der Waals surface area contributed by atoms with E-state index >= 15 is 0 Å². The van der Waals surface area contributed by atoms with Crippen LogP contribution in [0.25, 0.3) is 0 Å². The molecule has 0 heterocycles. The molecule has 0 aromatic heterocycles. The van der Waals surface area contributed by atoms with Crippen LogP contribution >= 0.6 is 21.6 Å². The molecule has 1 unspecified atom stereocenters. The maximum atomic E-state index is 11.8. The minimum absolute atomic E-state index is 0.577. The minimum Gasteiger partial charge on any atom is -0.497 e. The molecule has 0 radical (unpaired) electrons. The topological polar surface area (TPSA) is 35.5 Å². The summed E-state index contributed by atoms with van der Waals surface area (Å²) in [6.45, 7) is 4.87. The molecule has 1 rings (SSSR count). The zero-order chi connectivity index (χ0) is 16.8. The van der Waals surface area contributed by atoms with E-state index in [4.69, 9.17) is 9.47 Å². The fourth-order valence-electron chi connectivity index (χ4n) is 1.63. The second kappa shape index (κ2) is 13.7. The van der Waals surface area contributed by atoms with Crippen LogP contribution < -0.4 is 4.74 Å². The van der Waals surface area contributed by atoms with Crippen molar-refractivity contribution in [2.75, 3.05) is 31.0 Å². The maximum Gasteiger partial charge on any atom is 0.118 e. The number of methoxy groups -OCH3 is 1. The highest BCUT2D eigenvalue weighted by Crippen LogP contribution is 2.21. The number of ether oxygens (including phenoxy) is 2. The van der Waals surface area contributed by atoms with Crippen molar-refractivity contribution in [3.63, 3.8) is 0 Å². The van der Waals surface area contributed by atoms with Crippen molar-refractivity contribution in [1.82, 2.24) is 0 Å². The first kappa shape index (κ1) is 20.4. The summed E-state index contributed by atoms with van der Waals surface area (Å²) >= 11 is 0. The van der Waals surface area contributed by atoms with E-state index in [1.165, 1.54) is 0 Å². The Morgan fingerprint density at radius 2 is 2.09 bits per heavy atom. The predicted octanol–water partition coefficient (Wildman–Crippen LogP) is 4.43. The van der Waals surface area contributed by atoms with Gasteiger partial charge in [0.1, 0.15) is 5.75 Å². The fraction of sp³-hybridized carbons (Fsp3) is 0.412. The summed E-state index contributed by atoms with van der Waals surface area (Å²) in [5.74, 6) is 3.06. The molecule has 0 aliphatic carbocycles. The van der Waals surface area contributed by atoms with Gasteiger partial charge in [0.2, 0.25) is 0 Å². The van der Waals surface area contributed by atoms with Crippen LogP contribution in [0.15, 0.2) is 48.4 Å². The van der Waals surface area contributed by atoms with Crippen molar-refractivity contribution in [3.8, 4) is 5.75 Å². The smallest absolute Gasteiger partial charge is 0.118 e. The van der Waals surface area contributed by atoms with E-state index in [1.807, 2.05) is 41.8 Å². The van der Waals surface area contributed by atoms with E-state index in [9.17, 15) is 4.21 Å². The zero-order valence-electron chi connectivity index (χ0n) is 13.4. The summed E-state index contributed by atoms with van der Waals surface area (Å²) < 4.78 is 22.5. The van der Waals surface area contributed by atoms with Gasteiger partial charge < -0.3 is 9.47 Å². The van der Waals surface area contributed by atoms with Gasteiger partial charge in [-0.1, -0.05) is 45.9 Å². The van der Waals surface area contributed by atoms with E-state index in [0.29, 0.717) is 24.7 Å². The molecule has 1 aromatic carbocycles. The Balaban J connectivity index is 2.03. The molecule has 0 saturated carbocycles. The minimum atomic E-state index is -0.806. The van der Waals surface area contributed by atoms with Crippen LogP contribution in [0, 0.1) is 0 Å². The second-order valence-electron chi connectivity index (χ2n) is 4.61. The first-order valence-electron chi connectivity index (χ1n) is 7.36. The van der Waals surface area contributed by atoms with E-state index < -0.39 is 10.8 Å². The Morgan fingerprint density at radius 1 is 1.30 bits per heavy atom. The SMILES string of the molecule is C=CCSS/C=C/CS(=O)CCCOCc1ccc(OC)cc1. The lowest BCUT2D eigenvalue weighted by Crippen LogP contribution is -2.04. The van der Waals surface area contributed by atoms with Crippen LogP contribution in [0.3, 0.4) is 0 Å². The van der Waals surface area contributed by atoms with Crippen LogP contribution in [0.2, 0.25) is 0 Å². The van der Waals surface area contributed by atoms with Crippen LogP contribution in [0.1, 0.15) is 12.0 Å². The van der Waals surface area contributed by atoms with E-state index in [1.54, 1.807) is 28.7 Å². The molecule has 1 atom stereocenters. The van der Waals surface area contributed by atoms with Crippen molar-refractivity contribution in [3.05, 3.63) is 54.0 Å². The summed E-state index contributed by atoms with van der Waals surface area (Å²) in [6.07, 6.45) is 4.65. The van der Waals surface area contributed by atoms with Gasteiger partial charge in [-0.25, -0.2) is 0 Å². The third-order valence-electron chi connectivity index (χ3n) is 2.78. The Kier molecular flexibility index (Phi) is 12.1. The first-order chi connectivity index (χ1) is 11.3. The molecular weight excluding hydrogens is 348 g/mol. The number of hydrogen-bond donors (Lipinski definition) is 0. The van der Waals surface area contributed by atoms with E-state index in [0.717, 1.165) is 23.5 Å². The second-order valence-corrected chi connectivity index (χ2v) is 8.55. The molecule has 0 spiro atoms. The molecule has 1 aromatic rings. The molecule has 0 aliphatic rings. The third kappa shape index (κ3) is 10.7. The number of benzene rings is 1. The average Bonchev–Trinajstić information content (AvgIpc) is 2.58. The van der Waals surface area contributed by atoms with Gasteiger partial charge in [-0.15, -0.1) is 6.58 Å². The Bertz CT molecular complexity index is 486. The predicted molar refractivity (Wildman–Crippen MR) is 105 cm³/mol. The normalized spacial score (nSPS) is 12.4. The first-order valence-corrected chi connectivity index (χ1v) is 11.2. The van der Waals surface area contributed by atoms with Gasteiger partial charge in [-0.3, -0.25) is 4.21 Å². The van der Waals surface area contributed by atoms with Gasteiger partial charge in [-0.2, -0.15) is 0 Å². The highest BCUT2D eigenvalue weighted by molar-refractivity contribution is 8.77. The standard InChI is InChI=1S/C17H24O3S3/c1-3-11-21-22-12-5-14-23(18)13-4-10-20-15-16-6-8-17(19-2)9-7-16/h3,5-9,12H,1,4,10-11,13-15H2,2H3/b12-5+. The highest BCUT2D eigenvalue weighted by Gasteiger charge is 1.99.